The number of hydrogen-bond acceptors (Lipinski definition) is 4. The average molecular weight is 427 g/mol. The molecule has 0 aliphatic rings. The second-order valence-corrected chi connectivity index (χ2v) is 8.12. The van der Waals surface area contributed by atoms with E-state index in [1.807, 2.05) is 6.07 Å². The average Bonchev–Trinajstić information content (AvgIpc) is 2.56. The number of halogens is 1. The molecule has 134 valence electrons. The second-order valence-electron chi connectivity index (χ2n) is 5.41. The van der Waals surface area contributed by atoms with Gasteiger partial charge in [0.05, 0.1) is 24.7 Å². The van der Waals surface area contributed by atoms with Crippen LogP contribution < -0.4 is 14.4 Å². The third-order valence-electron chi connectivity index (χ3n) is 3.53. The Kier molecular flexibility index (Phi) is 6.07. The zero-order valence-corrected chi connectivity index (χ0v) is 16.5. The van der Waals surface area contributed by atoms with Crippen molar-refractivity contribution in [3.8, 4) is 5.75 Å². The highest BCUT2D eigenvalue weighted by Crippen LogP contribution is 2.26. The van der Waals surface area contributed by atoms with Gasteiger partial charge in [0.15, 0.2) is 0 Å². The van der Waals surface area contributed by atoms with Crippen LogP contribution in [0.1, 0.15) is 6.92 Å². The number of benzene rings is 2. The van der Waals surface area contributed by atoms with Gasteiger partial charge in [0, 0.05) is 10.5 Å². The Morgan fingerprint density at radius 2 is 1.88 bits per heavy atom. The van der Waals surface area contributed by atoms with Gasteiger partial charge < -0.3 is 10.1 Å². The third-order valence-corrected chi connectivity index (χ3v) is 5.46. The molecule has 8 heteroatoms. The van der Waals surface area contributed by atoms with E-state index in [0.717, 1.165) is 10.6 Å². The number of ether oxygens (including phenoxy) is 1. The number of rotatable bonds is 6. The van der Waals surface area contributed by atoms with E-state index in [1.165, 1.54) is 14.0 Å². The van der Waals surface area contributed by atoms with Gasteiger partial charge in [0.2, 0.25) is 15.9 Å². The minimum absolute atomic E-state index is 0.358. The Labute approximate surface area is 156 Å². The normalized spacial score (nSPS) is 12.3. The molecule has 0 spiro atoms. The van der Waals surface area contributed by atoms with Gasteiger partial charge in [0.25, 0.3) is 0 Å². The van der Waals surface area contributed by atoms with Crippen LogP contribution in [0.4, 0.5) is 11.4 Å². The molecular weight excluding hydrogens is 408 g/mol. The molecule has 0 saturated carbocycles. The molecule has 0 radical (unpaired) electrons. The number of anilines is 2. The summed E-state index contributed by atoms with van der Waals surface area (Å²) in [5, 5.41) is 2.74. The van der Waals surface area contributed by atoms with Gasteiger partial charge in [-0.25, -0.2) is 8.42 Å². The first-order chi connectivity index (χ1) is 11.7. The van der Waals surface area contributed by atoms with E-state index in [0.29, 0.717) is 21.6 Å². The summed E-state index contributed by atoms with van der Waals surface area (Å²) < 4.78 is 31.5. The lowest BCUT2D eigenvalue weighted by Gasteiger charge is -2.28. The van der Waals surface area contributed by atoms with Gasteiger partial charge in [0.1, 0.15) is 11.8 Å². The first kappa shape index (κ1) is 19.3. The van der Waals surface area contributed by atoms with E-state index in [2.05, 4.69) is 21.2 Å². The SMILES string of the molecule is COc1cccc(N([C@@H](C)C(=O)Nc2ccccc2Br)S(C)(=O)=O)c1. The fraction of sp³-hybridized carbons (Fsp3) is 0.235. The zero-order valence-electron chi connectivity index (χ0n) is 14.1. The van der Waals surface area contributed by atoms with E-state index in [9.17, 15) is 13.2 Å². The molecule has 0 saturated heterocycles. The third kappa shape index (κ3) is 4.73. The van der Waals surface area contributed by atoms with Crippen LogP contribution in [0.3, 0.4) is 0 Å². The second kappa shape index (κ2) is 7.88. The predicted octanol–water partition coefficient (Wildman–Crippen LogP) is 3.25. The number of carbonyl (C=O) groups excluding carboxylic acids is 1. The van der Waals surface area contributed by atoms with Crippen LogP contribution in [-0.4, -0.2) is 33.7 Å². The van der Waals surface area contributed by atoms with Crippen molar-refractivity contribution in [2.45, 2.75) is 13.0 Å². The van der Waals surface area contributed by atoms with E-state index < -0.39 is 22.0 Å². The van der Waals surface area contributed by atoms with Gasteiger partial charge in [-0.05, 0) is 47.1 Å². The Morgan fingerprint density at radius 1 is 1.20 bits per heavy atom. The molecule has 0 aliphatic heterocycles. The summed E-state index contributed by atoms with van der Waals surface area (Å²) in [6, 6.07) is 12.7. The fourth-order valence-electron chi connectivity index (χ4n) is 2.36. The molecule has 0 aliphatic carbocycles. The van der Waals surface area contributed by atoms with Crippen LogP contribution in [0.15, 0.2) is 53.0 Å². The van der Waals surface area contributed by atoms with Crippen LogP contribution in [-0.2, 0) is 14.8 Å². The van der Waals surface area contributed by atoms with Crippen molar-refractivity contribution < 1.29 is 17.9 Å². The van der Waals surface area contributed by atoms with Gasteiger partial charge in [-0.2, -0.15) is 0 Å². The maximum Gasteiger partial charge on any atom is 0.248 e. The molecule has 0 bridgehead atoms. The van der Waals surface area contributed by atoms with Crippen LogP contribution in [0, 0.1) is 0 Å². The Morgan fingerprint density at radius 3 is 2.48 bits per heavy atom. The van der Waals surface area contributed by atoms with Gasteiger partial charge >= 0.3 is 0 Å². The maximum absolute atomic E-state index is 12.6. The van der Waals surface area contributed by atoms with Gasteiger partial charge in [-0.1, -0.05) is 18.2 Å². The highest BCUT2D eigenvalue weighted by Gasteiger charge is 2.29. The van der Waals surface area contributed by atoms with Crippen molar-refractivity contribution in [2.75, 3.05) is 23.0 Å². The molecule has 2 rings (SSSR count). The van der Waals surface area contributed by atoms with Crippen molar-refractivity contribution >= 4 is 43.2 Å². The first-order valence-electron chi connectivity index (χ1n) is 7.43. The molecular formula is C17H19BrN2O4S. The molecule has 1 N–H and O–H groups in total. The Bertz CT molecular complexity index is 870. The Balaban J connectivity index is 2.34. The van der Waals surface area contributed by atoms with Crippen molar-refractivity contribution in [3.63, 3.8) is 0 Å². The van der Waals surface area contributed by atoms with Crippen molar-refractivity contribution in [1.29, 1.82) is 0 Å². The summed E-state index contributed by atoms with van der Waals surface area (Å²) in [6.45, 7) is 1.53. The van der Waals surface area contributed by atoms with E-state index in [1.54, 1.807) is 42.5 Å². The van der Waals surface area contributed by atoms with Gasteiger partial charge in [-0.15, -0.1) is 0 Å². The summed E-state index contributed by atoms with van der Waals surface area (Å²) in [5.74, 6) is 0.0599. The lowest BCUT2D eigenvalue weighted by Crippen LogP contribution is -2.45. The number of methoxy groups -OCH3 is 1. The highest BCUT2D eigenvalue weighted by molar-refractivity contribution is 9.10. The van der Waals surface area contributed by atoms with Crippen molar-refractivity contribution in [1.82, 2.24) is 0 Å². The van der Waals surface area contributed by atoms with Crippen LogP contribution in [0.5, 0.6) is 5.75 Å². The molecule has 1 amide bonds. The molecule has 25 heavy (non-hydrogen) atoms. The van der Waals surface area contributed by atoms with Crippen molar-refractivity contribution in [2.24, 2.45) is 0 Å². The van der Waals surface area contributed by atoms with E-state index in [-0.39, 0.29) is 0 Å². The molecule has 2 aromatic rings. The molecule has 6 nitrogen and oxygen atoms in total. The number of hydrogen-bond donors (Lipinski definition) is 1. The number of carbonyl (C=O) groups is 1. The molecule has 0 fully saturated rings. The summed E-state index contributed by atoms with van der Waals surface area (Å²) in [4.78, 5) is 12.6. The molecule has 1 atom stereocenters. The lowest BCUT2D eigenvalue weighted by atomic mass is 10.2. The van der Waals surface area contributed by atoms with Crippen LogP contribution in [0.25, 0.3) is 0 Å². The first-order valence-corrected chi connectivity index (χ1v) is 10.1. The zero-order chi connectivity index (χ0) is 18.6. The fourth-order valence-corrected chi connectivity index (χ4v) is 3.91. The predicted molar refractivity (Wildman–Crippen MR) is 103 cm³/mol. The lowest BCUT2D eigenvalue weighted by molar-refractivity contribution is -0.116. The molecule has 0 unspecified atom stereocenters. The monoisotopic (exact) mass is 426 g/mol. The number of nitrogens with one attached hydrogen (secondary N) is 1. The highest BCUT2D eigenvalue weighted by atomic mass is 79.9. The van der Waals surface area contributed by atoms with Crippen LogP contribution >= 0.6 is 15.9 Å². The minimum Gasteiger partial charge on any atom is -0.497 e. The smallest absolute Gasteiger partial charge is 0.248 e. The molecule has 0 aromatic heterocycles. The minimum atomic E-state index is -3.68. The standard InChI is InChI=1S/C17H19BrN2O4S/c1-12(17(21)19-16-10-5-4-9-15(16)18)20(25(3,22)23)13-7-6-8-14(11-13)24-2/h4-12H,1-3H3,(H,19,21)/t12-/m0/s1. The summed E-state index contributed by atoms with van der Waals surface area (Å²) >= 11 is 3.35. The topological polar surface area (TPSA) is 75.7 Å². The maximum atomic E-state index is 12.6. The Hall–Kier alpha value is -2.06. The van der Waals surface area contributed by atoms with E-state index >= 15 is 0 Å². The molecule has 2 aromatic carbocycles. The number of para-hydroxylation sites is 1. The van der Waals surface area contributed by atoms with E-state index in [4.69, 9.17) is 4.74 Å². The largest absolute Gasteiger partial charge is 0.497 e. The summed E-state index contributed by atoms with van der Waals surface area (Å²) in [6.07, 6.45) is 1.06. The number of sulfonamides is 1. The quantitative estimate of drug-likeness (QED) is 0.768. The number of amides is 1. The van der Waals surface area contributed by atoms with Gasteiger partial charge in [-0.3, -0.25) is 9.10 Å². The molecule has 0 heterocycles. The number of nitrogens with zero attached hydrogens (tertiary/aromatic N) is 1. The van der Waals surface area contributed by atoms with Crippen LogP contribution in [0.2, 0.25) is 0 Å². The summed E-state index contributed by atoms with van der Waals surface area (Å²) in [7, 11) is -2.19. The van der Waals surface area contributed by atoms with Crippen molar-refractivity contribution in [3.05, 3.63) is 53.0 Å². The summed E-state index contributed by atoms with van der Waals surface area (Å²) in [5.41, 5.74) is 0.926.